The molecule has 0 aliphatic heterocycles. The van der Waals surface area contributed by atoms with Gasteiger partial charge in [0.05, 0.1) is 0 Å². The Morgan fingerprint density at radius 1 is 1.38 bits per heavy atom. The number of nitrogens with zero attached hydrogens (tertiary/aromatic N) is 2. The molecule has 0 unspecified atom stereocenters. The minimum atomic E-state index is 0.233. The molecule has 1 fully saturated rings. The number of nitrogens with one attached hydrogen (secondary N) is 1. The Bertz CT molecular complexity index is 380. The molecule has 1 aromatic rings. The first-order valence-electron chi connectivity index (χ1n) is 5.72. The van der Waals surface area contributed by atoms with Gasteiger partial charge in [0.15, 0.2) is 0 Å². The van der Waals surface area contributed by atoms with Crippen molar-refractivity contribution in [1.29, 1.82) is 0 Å². The van der Waals surface area contributed by atoms with Crippen molar-refractivity contribution in [1.82, 2.24) is 9.97 Å². The topological polar surface area (TPSA) is 37.8 Å². The van der Waals surface area contributed by atoms with E-state index in [1.54, 1.807) is 6.07 Å². The highest BCUT2D eigenvalue weighted by atomic mass is 35.5. The first kappa shape index (κ1) is 11.6. The first-order chi connectivity index (χ1) is 7.44. The first-order valence-corrected chi connectivity index (χ1v) is 6.10. The Morgan fingerprint density at radius 2 is 2.06 bits per heavy atom. The van der Waals surface area contributed by atoms with Gasteiger partial charge >= 0.3 is 0 Å². The molecule has 1 saturated carbocycles. The molecule has 3 nitrogen and oxygen atoms in total. The molecule has 1 heterocycles. The lowest BCUT2D eigenvalue weighted by Gasteiger charge is -2.19. The van der Waals surface area contributed by atoms with Crippen LogP contribution in [0.15, 0.2) is 6.07 Å². The van der Waals surface area contributed by atoms with Gasteiger partial charge in [-0.15, -0.1) is 0 Å². The third-order valence-corrected chi connectivity index (χ3v) is 2.65. The fraction of sp³-hybridized carbons (Fsp3) is 0.667. The SMILES string of the molecule is CC(C)(C)CNc1cc(Cl)nc(C2CC2)n1. The van der Waals surface area contributed by atoms with Crippen molar-refractivity contribution >= 4 is 17.4 Å². The van der Waals surface area contributed by atoms with Gasteiger partial charge in [0.25, 0.3) is 0 Å². The zero-order valence-electron chi connectivity index (χ0n) is 10.0. The van der Waals surface area contributed by atoms with Gasteiger partial charge in [-0.05, 0) is 18.3 Å². The smallest absolute Gasteiger partial charge is 0.135 e. The van der Waals surface area contributed by atoms with Gasteiger partial charge in [-0.3, -0.25) is 0 Å². The molecule has 4 heteroatoms. The lowest BCUT2D eigenvalue weighted by atomic mass is 9.97. The molecule has 88 valence electrons. The zero-order chi connectivity index (χ0) is 11.8. The number of anilines is 1. The number of aromatic nitrogens is 2. The van der Waals surface area contributed by atoms with Gasteiger partial charge in [-0.25, -0.2) is 9.97 Å². The summed E-state index contributed by atoms with van der Waals surface area (Å²) in [4.78, 5) is 8.75. The van der Waals surface area contributed by atoms with Crippen LogP contribution in [0.3, 0.4) is 0 Å². The number of rotatable bonds is 3. The van der Waals surface area contributed by atoms with Crippen molar-refractivity contribution in [2.24, 2.45) is 5.41 Å². The Labute approximate surface area is 102 Å². The van der Waals surface area contributed by atoms with E-state index in [0.717, 1.165) is 18.2 Å². The highest BCUT2D eigenvalue weighted by molar-refractivity contribution is 6.29. The fourth-order valence-electron chi connectivity index (χ4n) is 1.41. The summed E-state index contributed by atoms with van der Waals surface area (Å²) in [5.74, 6) is 2.27. The molecule has 1 aliphatic rings. The van der Waals surface area contributed by atoms with E-state index in [4.69, 9.17) is 11.6 Å². The summed E-state index contributed by atoms with van der Waals surface area (Å²) in [5, 5.41) is 3.85. The molecule has 1 aromatic heterocycles. The van der Waals surface area contributed by atoms with Crippen molar-refractivity contribution < 1.29 is 0 Å². The number of halogens is 1. The van der Waals surface area contributed by atoms with E-state index in [9.17, 15) is 0 Å². The van der Waals surface area contributed by atoms with Crippen molar-refractivity contribution in [2.75, 3.05) is 11.9 Å². The third-order valence-electron chi connectivity index (χ3n) is 2.45. The highest BCUT2D eigenvalue weighted by Crippen LogP contribution is 2.38. The van der Waals surface area contributed by atoms with E-state index in [2.05, 4.69) is 36.1 Å². The van der Waals surface area contributed by atoms with Crippen LogP contribution < -0.4 is 5.32 Å². The van der Waals surface area contributed by atoms with Crippen LogP contribution in [0.25, 0.3) is 0 Å². The average molecular weight is 240 g/mol. The molecular weight excluding hydrogens is 222 g/mol. The average Bonchev–Trinajstić information content (AvgIpc) is 2.95. The Kier molecular flexibility index (Phi) is 3.06. The van der Waals surface area contributed by atoms with Crippen LogP contribution in [0.2, 0.25) is 5.15 Å². The molecule has 0 spiro atoms. The number of hydrogen-bond donors (Lipinski definition) is 1. The summed E-state index contributed by atoms with van der Waals surface area (Å²) in [6, 6.07) is 1.79. The van der Waals surface area contributed by atoms with E-state index in [1.165, 1.54) is 12.8 Å². The standard InChI is InChI=1S/C12H18ClN3/c1-12(2,3)7-14-10-6-9(13)15-11(16-10)8-4-5-8/h6,8H,4-5,7H2,1-3H3,(H,14,15,16). The van der Waals surface area contributed by atoms with Gasteiger partial charge in [-0.1, -0.05) is 32.4 Å². The molecule has 2 rings (SSSR count). The molecule has 0 aromatic carbocycles. The van der Waals surface area contributed by atoms with Crippen molar-refractivity contribution in [3.05, 3.63) is 17.0 Å². The minimum absolute atomic E-state index is 0.233. The van der Waals surface area contributed by atoms with Gasteiger partial charge < -0.3 is 5.32 Å². The second-order valence-corrected chi connectivity index (χ2v) is 6.01. The second kappa shape index (κ2) is 4.21. The molecule has 0 radical (unpaired) electrons. The molecular formula is C12H18ClN3. The second-order valence-electron chi connectivity index (χ2n) is 5.62. The maximum atomic E-state index is 5.98. The summed E-state index contributed by atoms with van der Waals surface area (Å²) < 4.78 is 0. The Morgan fingerprint density at radius 3 is 2.62 bits per heavy atom. The fourth-order valence-corrected chi connectivity index (χ4v) is 1.60. The third kappa shape index (κ3) is 3.34. The Balaban J connectivity index is 2.08. The summed E-state index contributed by atoms with van der Waals surface area (Å²) in [6.07, 6.45) is 2.39. The van der Waals surface area contributed by atoms with Gasteiger partial charge in [0.1, 0.15) is 16.8 Å². The quantitative estimate of drug-likeness (QED) is 0.821. The van der Waals surface area contributed by atoms with E-state index in [0.29, 0.717) is 11.1 Å². The van der Waals surface area contributed by atoms with Gasteiger partial charge in [0, 0.05) is 18.5 Å². The summed E-state index contributed by atoms with van der Waals surface area (Å²) >= 11 is 5.98. The maximum absolute atomic E-state index is 5.98. The highest BCUT2D eigenvalue weighted by Gasteiger charge is 2.27. The summed E-state index contributed by atoms with van der Waals surface area (Å²) in [6.45, 7) is 7.43. The van der Waals surface area contributed by atoms with Gasteiger partial charge in [0.2, 0.25) is 0 Å². The van der Waals surface area contributed by atoms with E-state index in [1.807, 2.05) is 0 Å². The molecule has 16 heavy (non-hydrogen) atoms. The molecule has 0 atom stereocenters. The van der Waals surface area contributed by atoms with Crippen LogP contribution in [0.5, 0.6) is 0 Å². The van der Waals surface area contributed by atoms with Crippen LogP contribution in [0, 0.1) is 5.41 Å². The normalized spacial score (nSPS) is 16.2. The lowest BCUT2D eigenvalue weighted by molar-refractivity contribution is 0.442. The Hall–Kier alpha value is -0.830. The van der Waals surface area contributed by atoms with Gasteiger partial charge in [-0.2, -0.15) is 0 Å². The largest absolute Gasteiger partial charge is 0.369 e. The minimum Gasteiger partial charge on any atom is -0.369 e. The van der Waals surface area contributed by atoms with Crippen LogP contribution >= 0.6 is 11.6 Å². The summed E-state index contributed by atoms with van der Waals surface area (Å²) in [5.41, 5.74) is 0.233. The molecule has 0 saturated heterocycles. The monoisotopic (exact) mass is 239 g/mol. The van der Waals surface area contributed by atoms with Crippen LogP contribution in [-0.2, 0) is 0 Å². The lowest BCUT2D eigenvalue weighted by Crippen LogP contribution is -2.19. The van der Waals surface area contributed by atoms with Crippen LogP contribution in [-0.4, -0.2) is 16.5 Å². The summed E-state index contributed by atoms with van der Waals surface area (Å²) in [7, 11) is 0. The van der Waals surface area contributed by atoms with Crippen molar-refractivity contribution in [2.45, 2.75) is 39.5 Å². The van der Waals surface area contributed by atoms with E-state index in [-0.39, 0.29) is 5.41 Å². The molecule has 1 aliphatic carbocycles. The van der Waals surface area contributed by atoms with Crippen LogP contribution in [0.1, 0.15) is 45.4 Å². The van der Waals surface area contributed by atoms with E-state index < -0.39 is 0 Å². The predicted molar refractivity (Wildman–Crippen MR) is 67.0 cm³/mol. The number of hydrogen-bond acceptors (Lipinski definition) is 3. The van der Waals surface area contributed by atoms with E-state index >= 15 is 0 Å². The molecule has 1 N–H and O–H groups in total. The molecule has 0 bridgehead atoms. The molecule has 0 amide bonds. The maximum Gasteiger partial charge on any atom is 0.135 e. The van der Waals surface area contributed by atoms with Crippen LogP contribution in [0.4, 0.5) is 5.82 Å². The van der Waals surface area contributed by atoms with Crippen molar-refractivity contribution in [3.63, 3.8) is 0 Å². The predicted octanol–water partition coefficient (Wildman–Crippen LogP) is 3.47. The van der Waals surface area contributed by atoms with Crippen molar-refractivity contribution in [3.8, 4) is 0 Å². The zero-order valence-corrected chi connectivity index (χ0v) is 10.8.